The minimum Gasteiger partial charge on any atom is -0.469 e. The summed E-state index contributed by atoms with van der Waals surface area (Å²) in [5.41, 5.74) is -2.52. The van der Waals surface area contributed by atoms with Gasteiger partial charge in [-0.3, -0.25) is 14.5 Å². The summed E-state index contributed by atoms with van der Waals surface area (Å²) in [7, 11) is 2.24. The molecule has 178 valence electrons. The summed E-state index contributed by atoms with van der Waals surface area (Å²) in [4.78, 5) is 66.1. The van der Waals surface area contributed by atoms with E-state index in [9.17, 15) is 24.0 Å². The van der Waals surface area contributed by atoms with Gasteiger partial charge in [-0.15, -0.1) is 0 Å². The largest absolute Gasteiger partial charge is 0.469 e. The predicted octanol–water partition coefficient (Wildman–Crippen LogP) is 1.49. The van der Waals surface area contributed by atoms with E-state index < -0.39 is 47.7 Å². The minimum absolute atomic E-state index is 0.118. The smallest absolute Gasteiger partial charge is 0.345 e. The fourth-order valence-corrected chi connectivity index (χ4v) is 4.04. The van der Waals surface area contributed by atoms with Crippen LogP contribution in [-0.2, 0) is 42.9 Å². The Balaban J connectivity index is 3.04. The molecule has 0 aliphatic carbocycles. The molecular weight excluding hydrogens is 434 g/mol. The van der Waals surface area contributed by atoms with Crippen molar-refractivity contribution in [1.82, 2.24) is 4.90 Å². The second-order valence-electron chi connectivity index (χ2n) is 7.01. The van der Waals surface area contributed by atoms with Gasteiger partial charge in [0.05, 0.1) is 45.3 Å². The molecule has 10 heteroatoms. The summed E-state index contributed by atoms with van der Waals surface area (Å²) in [5.74, 6) is -6.08. The van der Waals surface area contributed by atoms with Crippen molar-refractivity contribution in [3.63, 3.8) is 0 Å². The number of nitrogens with zero attached hydrogens (tertiary/aromatic N) is 1. The lowest BCUT2D eigenvalue weighted by molar-refractivity contribution is -0.177. The zero-order valence-electron chi connectivity index (χ0n) is 19.2. The molecule has 2 rings (SSSR count). The lowest BCUT2D eigenvalue weighted by atomic mass is 9.76. The fraction of sp³-hybridized carbons (Fsp3) is 0.435. The number of hydrogen-bond acceptors (Lipinski definition) is 9. The predicted molar refractivity (Wildman–Crippen MR) is 113 cm³/mol. The highest BCUT2D eigenvalue weighted by Crippen LogP contribution is 2.51. The maximum absolute atomic E-state index is 13.5. The summed E-state index contributed by atoms with van der Waals surface area (Å²) in [6.07, 6.45) is -0.579. The van der Waals surface area contributed by atoms with Crippen molar-refractivity contribution >= 4 is 29.8 Å². The molecule has 1 aliphatic rings. The number of ether oxygens (including phenoxy) is 4. The van der Waals surface area contributed by atoms with Gasteiger partial charge in [-0.2, -0.15) is 0 Å². The quantitative estimate of drug-likeness (QED) is 0.321. The van der Waals surface area contributed by atoms with E-state index in [1.165, 1.54) is 13.8 Å². The zero-order chi connectivity index (χ0) is 24.8. The van der Waals surface area contributed by atoms with Crippen LogP contribution in [0.25, 0.3) is 0 Å². The van der Waals surface area contributed by atoms with Gasteiger partial charge in [0.15, 0.2) is 0 Å². The van der Waals surface area contributed by atoms with Crippen LogP contribution in [0.3, 0.4) is 0 Å². The highest BCUT2D eigenvalue weighted by atomic mass is 16.6. The number of methoxy groups -OCH3 is 2. The van der Waals surface area contributed by atoms with Crippen molar-refractivity contribution in [2.75, 3.05) is 27.4 Å². The van der Waals surface area contributed by atoms with Crippen molar-refractivity contribution < 1.29 is 42.9 Å². The third kappa shape index (κ3) is 4.46. The van der Waals surface area contributed by atoms with E-state index in [4.69, 9.17) is 18.9 Å². The van der Waals surface area contributed by atoms with E-state index in [1.54, 1.807) is 30.3 Å². The van der Waals surface area contributed by atoms with Gasteiger partial charge in [0.1, 0.15) is 0 Å². The van der Waals surface area contributed by atoms with Gasteiger partial charge >= 0.3 is 23.9 Å². The first kappa shape index (κ1) is 25.6. The Morgan fingerprint density at radius 3 is 1.88 bits per heavy atom. The lowest BCUT2D eigenvalue weighted by Crippen LogP contribution is -2.63. The molecule has 1 unspecified atom stereocenters. The standard InChI is InChI=1S/C23H27NO9/c1-6-32-21(28)23(22(29)33-7-2)19(15-11-9-8-10-12-15)18(20(27)31-5)16(13-17(26)30-4)24(23)14(3)25/h8-12,19H,6-7,13H2,1-5H3. The van der Waals surface area contributed by atoms with E-state index in [2.05, 4.69) is 0 Å². The van der Waals surface area contributed by atoms with Crippen LogP contribution in [0, 0.1) is 0 Å². The van der Waals surface area contributed by atoms with Crippen LogP contribution in [0.2, 0.25) is 0 Å². The van der Waals surface area contributed by atoms with Gasteiger partial charge in [-0.1, -0.05) is 30.3 Å². The number of carbonyl (C=O) groups is 5. The molecule has 1 aromatic rings. The molecule has 0 spiro atoms. The lowest BCUT2D eigenvalue weighted by Gasteiger charge is -2.38. The van der Waals surface area contributed by atoms with Crippen LogP contribution in [-0.4, -0.2) is 67.7 Å². The average molecular weight is 461 g/mol. The molecule has 33 heavy (non-hydrogen) atoms. The van der Waals surface area contributed by atoms with Crippen LogP contribution >= 0.6 is 0 Å². The molecule has 1 heterocycles. The Labute approximate surface area is 191 Å². The van der Waals surface area contributed by atoms with Crippen molar-refractivity contribution in [2.24, 2.45) is 0 Å². The third-order valence-corrected chi connectivity index (χ3v) is 5.21. The van der Waals surface area contributed by atoms with Gasteiger partial charge in [-0.25, -0.2) is 14.4 Å². The Kier molecular flexibility index (Phi) is 8.33. The molecule has 0 saturated heterocycles. The van der Waals surface area contributed by atoms with Gasteiger partial charge in [-0.05, 0) is 19.4 Å². The molecule has 0 fully saturated rings. The first-order chi connectivity index (χ1) is 15.7. The summed E-state index contributed by atoms with van der Waals surface area (Å²) >= 11 is 0. The molecular formula is C23H27NO9. The van der Waals surface area contributed by atoms with E-state index in [0.717, 1.165) is 26.0 Å². The number of carbonyl (C=O) groups excluding carboxylic acids is 5. The topological polar surface area (TPSA) is 126 Å². The highest BCUT2D eigenvalue weighted by Gasteiger charge is 2.68. The molecule has 10 nitrogen and oxygen atoms in total. The van der Waals surface area contributed by atoms with E-state index in [1.807, 2.05) is 0 Å². The normalized spacial score (nSPS) is 16.8. The molecule has 1 atom stereocenters. The van der Waals surface area contributed by atoms with Gasteiger partial charge < -0.3 is 18.9 Å². The number of benzene rings is 1. The Morgan fingerprint density at radius 1 is 0.909 bits per heavy atom. The number of hydrogen-bond donors (Lipinski definition) is 0. The molecule has 1 aliphatic heterocycles. The minimum atomic E-state index is -2.44. The maximum atomic E-state index is 13.5. The molecule has 1 amide bonds. The van der Waals surface area contributed by atoms with Crippen LogP contribution in [0.1, 0.15) is 38.7 Å². The second-order valence-corrected chi connectivity index (χ2v) is 7.01. The van der Waals surface area contributed by atoms with Crippen molar-refractivity contribution in [2.45, 2.75) is 38.6 Å². The average Bonchev–Trinajstić information content (AvgIpc) is 3.11. The molecule has 0 bridgehead atoms. The van der Waals surface area contributed by atoms with Crippen LogP contribution in [0.4, 0.5) is 0 Å². The van der Waals surface area contributed by atoms with Crippen molar-refractivity contribution in [3.8, 4) is 0 Å². The molecule has 1 aromatic carbocycles. The first-order valence-corrected chi connectivity index (χ1v) is 10.3. The number of amides is 1. The number of esters is 4. The third-order valence-electron chi connectivity index (χ3n) is 5.21. The fourth-order valence-electron chi connectivity index (χ4n) is 4.04. The molecule has 0 aromatic heterocycles. The van der Waals surface area contributed by atoms with Crippen LogP contribution < -0.4 is 0 Å². The summed E-state index contributed by atoms with van der Waals surface area (Å²) in [6, 6.07) is 8.15. The van der Waals surface area contributed by atoms with Gasteiger partial charge in [0, 0.05) is 12.6 Å². The van der Waals surface area contributed by atoms with Crippen molar-refractivity contribution in [1.29, 1.82) is 0 Å². The number of rotatable bonds is 8. The van der Waals surface area contributed by atoms with Crippen molar-refractivity contribution in [3.05, 3.63) is 47.2 Å². The SMILES string of the molecule is CCOC(=O)C1(C(=O)OCC)C(c2ccccc2)C(C(=O)OC)=C(CC(=O)OC)N1C(C)=O. The zero-order valence-corrected chi connectivity index (χ0v) is 19.2. The maximum Gasteiger partial charge on any atom is 0.345 e. The monoisotopic (exact) mass is 461 g/mol. The van der Waals surface area contributed by atoms with Gasteiger partial charge in [0.2, 0.25) is 5.91 Å². The summed E-state index contributed by atoms with van der Waals surface area (Å²) < 4.78 is 20.2. The highest BCUT2D eigenvalue weighted by molar-refractivity contribution is 6.14. The Hall–Kier alpha value is -3.69. The van der Waals surface area contributed by atoms with E-state index in [-0.39, 0.29) is 24.5 Å². The van der Waals surface area contributed by atoms with Gasteiger partial charge in [0.25, 0.3) is 5.54 Å². The van der Waals surface area contributed by atoms with E-state index >= 15 is 0 Å². The Morgan fingerprint density at radius 2 is 1.45 bits per heavy atom. The molecule has 0 saturated carbocycles. The second kappa shape index (κ2) is 10.8. The van der Waals surface area contributed by atoms with Crippen LogP contribution in [0.15, 0.2) is 41.6 Å². The van der Waals surface area contributed by atoms with E-state index in [0.29, 0.717) is 5.56 Å². The summed E-state index contributed by atoms with van der Waals surface area (Å²) in [5, 5.41) is 0. The Bertz CT molecular complexity index is 949. The molecule has 0 N–H and O–H groups in total. The summed E-state index contributed by atoms with van der Waals surface area (Å²) in [6.45, 7) is 3.93. The van der Waals surface area contributed by atoms with Crippen LogP contribution in [0.5, 0.6) is 0 Å². The first-order valence-electron chi connectivity index (χ1n) is 10.3. The molecule has 0 radical (unpaired) electrons.